The lowest BCUT2D eigenvalue weighted by Gasteiger charge is -2.34. The molecule has 0 aromatic heterocycles. The standard InChI is InChI=1S/C30H36F6O5/c1-5-27(6-2,23-12-13-25(20(4)17-23)41-18-24(37)8-7-9-26(38)39)22-11-10-21(19(3)16-22)14-15-28(40,29(31,32)33)30(34,35)36/h10-17,24,37,40H,5-9,18H2,1-4H3,(H,38,39)/b15-14+. The first-order valence-corrected chi connectivity index (χ1v) is 13.2. The van der Waals surface area contributed by atoms with Gasteiger partial charge in [0.15, 0.2) is 0 Å². The quantitative estimate of drug-likeness (QED) is 0.214. The number of ether oxygens (including phenoxy) is 1. The molecule has 1 atom stereocenters. The van der Waals surface area contributed by atoms with E-state index in [2.05, 4.69) is 0 Å². The molecule has 0 saturated carbocycles. The number of alkyl halides is 6. The van der Waals surface area contributed by atoms with Gasteiger partial charge in [0.1, 0.15) is 12.4 Å². The fourth-order valence-electron chi connectivity index (χ4n) is 4.82. The maximum absolute atomic E-state index is 13.1. The predicted octanol–water partition coefficient (Wildman–Crippen LogP) is 7.27. The van der Waals surface area contributed by atoms with Crippen LogP contribution in [0.15, 0.2) is 42.5 Å². The van der Waals surface area contributed by atoms with Gasteiger partial charge in [0, 0.05) is 11.8 Å². The van der Waals surface area contributed by atoms with Crippen LogP contribution in [-0.2, 0) is 10.2 Å². The van der Waals surface area contributed by atoms with Crippen LogP contribution < -0.4 is 4.74 Å². The Morgan fingerprint density at radius 1 is 0.927 bits per heavy atom. The summed E-state index contributed by atoms with van der Waals surface area (Å²) in [6, 6.07) is 10.4. The van der Waals surface area contributed by atoms with Gasteiger partial charge in [-0.1, -0.05) is 50.3 Å². The molecule has 0 aliphatic heterocycles. The number of hydrogen-bond donors (Lipinski definition) is 3. The summed E-state index contributed by atoms with van der Waals surface area (Å²) in [6.45, 7) is 7.37. The Kier molecular flexibility index (Phi) is 11.1. The molecule has 5 nitrogen and oxygen atoms in total. The van der Waals surface area contributed by atoms with E-state index in [1.807, 2.05) is 32.9 Å². The van der Waals surface area contributed by atoms with Crippen LogP contribution in [0, 0.1) is 13.8 Å². The number of halogens is 6. The van der Waals surface area contributed by atoms with Crippen molar-refractivity contribution < 1.29 is 51.2 Å². The maximum Gasteiger partial charge on any atom is 0.430 e. The highest BCUT2D eigenvalue weighted by atomic mass is 19.4. The van der Waals surface area contributed by atoms with Crippen LogP contribution in [-0.4, -0.2) is 52.0 Å². The van der Waals surface area contributed by atoms with Crippen LogP contribution >= 0.6 is 0 Å². The van der Waals surface area contributed by atoms with E-state index < -0.39 is 35.4 Å². The molecular formula is C30H36F6O5. The molecule has 0 amide bonds. The van der Waals surface area contributed by atoms with E-state index in [1.165, 1.54) is 6.07 Å². The maximum atomic E-state index is 13.1. The number of benzene rings is 2. The molecule has 0 fully saturated rings. The number of carboxylic acid groups (broad SMARTS) is 1. The number of carboxylic acids is 1. The number of aliphatic hydroxyl groups excluding tert-OH is 1. The van der Waals surface area contributed by atoms with Crippen molar-refractivity contribution in [1.29, 1.82) is 0 Å². The van der Waals surface area contributed by atoms with Gasteiger partial charge in [0.25, 0.3) is 5.60 Å². The number of hydrogen-bond acceptors (Lipinski definition) is 4. The summed E-state index contributed by atoms with van der Waals surface area (Å²) in [5.74, 6) is -0.387. The van der Waals surface area contributed by atoms with E-state index in [4.69, 9.17) is 9.84 Å². The molecule has 0 bridgehead atoms. The average Bonchev–Trinajstić information content (AvgIpc) is 2.87. The Hall–Kier alpha value is -3.05. The van der Waals surface area contributed by atoms with Crippen LogP contribution in [0.3, 0.4) is 0 Å². The number of aliphatic hydroxyl groups is 2. The SMILES string of the molecule is CCC(CC)(c1ccc(/C=C/C(O)(C(F)(F)F)C(F)(F)F)c(C)c1)c1ccc(OCC(O)CCCC(=O)O)c(C)c1. The molecule has 3 N–H and O–H groups in total. The molecule has 0 heterocycles. The Balaban J connectivity index is 2.34. The molecule has 11 heteroatoms. The van der Waals surface area contributed by atoms with Gasteiger partial charge in [-0.05, 0) is 79.5 Å². The normalized spacial score (nSPS) is 14.0. The molecule has 2 rings (SSSR count). The van der Waals surface area contributed by atoms with Crippen molar-refractivity contribution >= 4 is 12.0 Å². The summed E-state index contributed by atoms with van der Waals surface area (Å²) in [6.07, 6.45) is -10.5. The Morgan fingerprint density at radius 3 is 1.93 bits per heavy atom. The van der Waals surface area contributed by atoms with Crippen molar-refractivity contribution in [1.82, 2.24) is 0 Å². The lowest BCUT2D eigenvalue weighted by atomic mass is 9.70. The molecule has 2 aromatic rings. The summed E-state index contributed by atoms with van der Waals surface area (Å²) in [7, 11) is 0. The smallest absolute Gasteiger partial charge is 0.430 e. The van der Waals surface area contributed by atoms with Gasteiger partial charge >= 0.3 is 18.3 Å². The van der Waals surface area contributed by atoms with Crippen molar-refractivity contribution in [2.75, 3.05) is 6.61 Å². The molecule has 0 saturated heterocycles. The molecule has 2 aromatic carbocycles. The minimum Gasteiger partial charge on any atom is -0.491 e. The second-order valence-corrected chi connectivity index (χ2v) is 10.2. The molecule has 0 spiro atoms. The summed E-state index contributed by atoms with van der Waals surface area (Å²) in [4.78, 5) is 10.6. The molecule has 0 aliphatic carbocycles. The second kappa shape index (κ2) is 13.3. The number of rotatable bonds is 13. The molecule has 228 valence electrons. The Bertz CT molecular complexity index is 1200. The summed E-state index contributed by atoms with van der Waals surface area (Å²) in [5.41, 5.74) is -2.42. The van der Waals surface area contributed by atoms with E-state index in [0.717, 1.165) is 16.7 Å². The third-order valence-corrected chi connectivity index (χ3v) is 7.48. The molecule has 41 heavy (non-hydrogen) atoms. The second-order valence-electron chi connectivity index (χ2n) is 10.2. The zero-order valence-electron chi connectivity index (χ0n) is 23.4. The van der Waals surface area contributed by atoms with Gasteiger partial charge in [-0.15, -0.1) is 0 Å². The molecule has 1 unspecified atom stereocenters. The van der Waals surface area contributed by atoms with Crippen LogP contribution in [0.5, 0.6) is 5.75 Å². The first kappa shape index (κ1) is 34.2. The first-order valence-electron chi connectivity index (χ1n) is 13.2. The fourth-order valence-corrected chi connectivity index (χ4v) is 4.82. The van der Waals surface area contributed by atoms with Crippen LogP contribution in [0.2, 0.25) is 0 Å². The minimum absolute atomic E-state index is 0.00151. The minimum atomic E-state index is -5.94. The lowest BCUT2D eigenvalue weighted by molar-refractivity contribution is -0.347. The highest BCUT2D eigenvalue weighted by Crippen LogP contribution is 2.45. The van der Waals surface area contributed by atoms with Crippen LogP contribution in [0.25, 0.3) is 6.08 Å². The van der Waals surface area contributed by atoms with Crippen molar-refractivity contribution in [3.63, 3.8) is 0 Å². The van der Waals surface area contributed by atoms with E-state index in [1.54, 1.807) is 25.1 Å². The first-order chi connectivity index (χ1) is 18.9. The van der Waals surface area contributed by atoms with Gasteiger partial charge in [-0.25, -0.2) is 0 Å². The zero-order chi connectivity index (χ0) is 31.2. The monoisotopic (exact) mass is 590 g/mol. The Morgan fingerprint density at radius 2 is 1.46 bits per heavy atom. The zero-order valence-corrected chi connectivity index (χ0v) is 23.4. The largest absolute Gasteiger partial charge is 0.491 e. The van der Waals surface area contributed by atoms with Crippen LogP contribution in [0.1, 0.15) is 73.8 Å². The van der Waals surface area contributed by atoms with Crippen molar-refractivity contribution in [2.45, 2.75) is 89.3 Å². The summed E-state index contributed by atoms with van der Waals surface area (Å²) < 4.78 is 84.1. The van der Waals surface area contributed by atoms with E-state index in [-0.39, 0.29) is 31.1 Å². The topological polar surface area (TPSA) is 87.0 Å². The fraction of sp³-hybridized carbons (Fsp3) is 0.500. The number of aliphatic carboxylic acids is 1. The van der Waals surface area contributed by atoms with E-state index in [9.17, 15) is 41.4 Å². The summed E-state index contributed by atoms with van der Waals surface area (Å²) in [5, 5.41) is 28.2. The van der Waals surface area contributed by atoms with Crippen molar-refractivity contribution in [3.05, 3.63) is 70.3 Å². The van der Waals surface area contributed by atoms with E-state index in [0.29, 0.717) is 36.7 Å². The third-order valence-electron chi connectivity index (χ3n) is 7.48. The predicted molar refractivity (Wildman–Crippen MR) is 143 cm³/mol. The van der Waals surface area contributed by atoms with Gasteiger partial charge in [0.2, 0.25) is 0 Å². The lowest BCUT2D eigenvalue weighted by Crippen LogP contribution is -2.55. The molecule has 0 aliphatic rings. The number of aryl methyl sites for hydroxylation is 2. The molecule has 0 radical (unpaired) electrons. The highest BCUT2D eigenvalue weighted by molar-refractivity contribution is 5.66. The molecular weight excluding hydrogens is 554 g/mol. The van der Waals surface area contributed by atoms with Gasteiger partial charge in [0.05, 0.1) is 6.10 Å². The van der Waals surface area contributed by atoms with E-state index >= 15 is 0 Å². The van der Waals surface area contributed by atoms with Crippen molar-refractivity contribution in [3.8, 4) is 5.75 Å². The summed E-state index contributed by atoms with van der Waals surface area (Å²) >= 11 is 0. The van der Waals surface area contributed by atoms with Gasteiger partial charge in [-0.2, -0.15) is 26.3 Å². The Labute approximate surface area is 235 Å². The highest BCUT2D eigenvalue weighted by Gasteiger charge is 2.68. The van der Waals surface area contributed by atoms with Crippen molar-refractivity contribution in [2.24, 2.45) is 0 Å². The van der Waals surface area contributed by atoms with Gasteiger partial charge in [-0.3, -0.25) is 4.79 Å². The average molecular weight is 591 g/mol. The van der Waals surface area contributed by atoms with Crippen LogP contribution in [0.4, 0.5) is 26.3 Å². The number of carbonyl (C=O) groups is 1. The third kappa shape index (κ3) is 7.82. The van der Waals surface area contributed by atoms with Gasteiger partial charge < -0.3 is 20.1 Å².